The van der Waals surface area contributed by atoms with Crippen LogP contribution in [-0.4, -0.2) is 22.2 Å². The molecule has 0 N–H and O–H groups in total. The average Bonchev–Trinajstić information content (AvgIpc) is 1.64. The van der Waals surface area contributed by atoms with Crippen LogP contribution in [0.3, 0.4) is 0 Å². The van der Waals surface area contributed by atoms with Gasteiger partial charge in [-0.05, 0) is 20.4 Å². The van der Waals surface area contributed by atoms with Gasteiger partial charge in [-0.2, -0.15) is 25.3 Å². The fourth-order valence-corrected chi connectivity index (χ4v) is 1.67. The van der Waals surface area contributed by atoms with Crippen molar-refractivity contribution < 1.29 is 0 Å². The van der Waals surface area contributed by atoms with Crippen molar-refractivity contribution in [1.29, 1.82) is 0 Å². The molecule has 0 heterocycles. The van der Waals surface area contributed by atoms with Crippen LogP contribution < -0.4 is 0 Å². The van der Waals surface area contributed by atoms with Crippen molar-refractivity contribution in [1.82, 2.24) is 4.90 Å². The highest BCUT2D eigenvalue weighted by Crippen LogP contribution is 2.09. The van der Waals surface area contributed by atoms with E-state index in [-0.39, 0.29) is 0 Å². The fourth-order valence-electron chi connectivity index (χ4n) is 0.841. The van der Waals surface area contributed by atoms with E-state index in [2.05, 4.69) is 50.9 Å². The zero-order valence-electron chi connectivity index (χ0n) is 6.20. The van der Waals surface area contributed by atoms with Gasteiger partial charge >= 0.3 is 0 Å². The molecule has 0 saturated heterocycles. The first-order chi connectivity index (χ1) is 4.09. The molecule has 0 saturated carbocycles. The third kappa shape index (κ3) is 3.38. The molecule has 0 aliphatic carbocycles. The largest absolute Gasteiger partial charge is 0.281 e. The molecule has 0 aromatic heterocycles. The van der Waals surface area contributed by atoms with Crippen LogP contribution in [0, 0.1) is 0 Å². The molecule has 0 aliphatic heterocycles. The topological polar surface area (TPSA) is 3.24 Å². The van der Waals surface area contributed by atoms with Gasteiger partial charge in [-0.1, -0.05) is 6.92 Å². The van der Waals surface area contributed by atoms with Crippen molar-refractivity contribution in [3.63, 3.8) is 0 Å². The lowest BCUT2D eigenvalue weighted by Crippen LogP contribution is -2.33. The van der Waals surface area contributed by atoms with Crippen LogP contribution in [0.25, 0.3) is 0 Å². The number of hydrogen-bond acceptors (Lipinski definition) is 3. The van der Waals surface area contributed by atoms with E-state index in [4.69, 9.17) is 0 Å². The van der Waals surface area contributed by atoms with Gasteiger partial charge in [0.15, 0.2) is 0 Å². The van der Waals surface area contributed by atoms with Crippen molar-refractivity contribution in [2.45, 2.75) is 31.5 Å². The zero-order chi connectivity index (χ0) is 7.44. The van der Waals surface area contributed by atoms with Gasteiger partial charge in [-0.25, -0.2) is 0 Å². The smallest absolute Gasteiger partial charge is 0.0509 e. The van der Waals surface area contributed by atoms with Gasteiger partial charge in [-0.15, -0.1) is 0 Å². The summed E-state index contributed by atoms with van der Waals surface area (Å²) in [5, 5.41) is 0.616. The SMILES string of the molecule is CCN(C(C)S)C(C)S. The summed E-state index contributed by atoms with van der Waals surface area (Å²) in [5.74, 6) is 0. The van der Waals surface area contributed by atoms with Crippen molar-refractivity contribution in [2.75, 3.05) is 6.54 Å². The van der Waals surface area contributed by atoms with Gasteiger partial charge in [0.05, 0.1) is 10.7 Å². The van der Waals surface area contributed by atoms with E-state index >= 15 is 0 Å². The molecule has 3 heteroatoms. The van der Waals surface area contributed by atoms with E-state index in [1.54, 1.807) is 0 Å². The van der Waals surface area contributed by atoms with Crippen molar-refractivity contribution in [3.8, 4) is 0 Å². The predicted molar refractivity (Wildman–Crippen MR) is 49.3 cm³/mol. The Hall–Kier alpha value is 0.660. The molecule has 2 unspecified atom stereocenters. The second-order valence-electron chi connectivity index (χ2n) is 2.09. The summed E-state index contributed by atoms with van der Waals surface area (Å²) in [6.45, 7) is 7.23. The van der Waals surface area contributed by atoms with E-state index in [1.807, 2.05) is 0 Å². The molecule has 9 heavy (non-hydrogen) atoms. The Labute approximate surface area is 68.6 Å². The summed E-state index contributed by atoms with van der Waals surface area (Å²) in [5.41, 5.74) is 0. The summed E-state index contributed by atoms with van der Waals surface area (Å²) in [6, 6.07) is 0. The van der Waals surface area contributed by atoms with Crippen LogP contribution >= 0.6 is 25.3 Å². The average molecular weight is 165 g/mol. The molecule has 0 spiro atoms. The summed E-state index contributed by atoms with van der Waals surface area (Å²) < 4.78 is 0. The first-order valence-corrected chi connectivity index (χ1v) is 4.24. The highest BCUT2D eigenvalue weighted by molar-refractivity contribution is 7.81. The monoisotopic (exact) mass is 165 g/mol. The van der Waals surface area contributed by atoms with Gasteiger partial charge in [0.2, 0.25) is 0 Å². The zero-order valence-corrected chi connectivity index (χ0v) is 7.99. The third-order valence-electron chi connectivity index (χ3n) is 1.33. The lowest BCUT2D eigenvalue weighted by Gasteiger charge is -2.27. The van der Waals surface area contributed by atoms with Crippen molar-refractivity contribution in [2.24, 2.45) is 0 Å². The van der Waals surface area contributed by atoms with Gasteiger partial charge in [0.1, 0.15) is 0 Å². The highest BCUT2D eigenvalue weighted by atomic mass is 32.1. The van der Waals surface area contributed by atoms with E-state index in [0.29, 0.717) is 10.7 Å². The number of rotatable bonds is 3. The highest BCUT2D eigenvalue weighted by Gasteiger charge is 2.10. The molecule has 0 aliphatic rings. The van der Waals surface area contributed by atoms with Crippen LogP contribution in [0.2, 0.25) is 0 Å². The standard InChI is InChI=1S/C6H15NS2/c1-4-7(5(2)8)6(3)9/h5-6,8-9H,4H2,1-3H3. The van der Waals surface area contributed by atoms with Crippen molar-refractivity contribution >= 4 is 25.3 Å². The Kier molecular flexibility index (Phi) is 4.80. The van der Waals surface area contributed by atoms with Crippen LogP contribution in [0.5, 0.6) is 0 Å². The van der Waals surface area contributed by atoms with E-state index in [9.17, 15) is 0 Å². The maximum atomic E-state index is 4.29. The van der Waals surface area contributed by atoms with Gasteiger partial charge < -0.3 is 0 Å². The molecule has 2 atom stereocenters. The first kappa shape index (κ1) is 9.66. The van der Waals surface area contributed by atoms with Gasteiger partial charge in [-0.3, -0.25) is 4.90 Å². The van der Waals surface area contributed by atoms with Crippen LogP contribution in [0.1, 0.15) is 20.8 Å². The number of nitrogens with zero attached hydrogens (tertiary/aromatic N) is 1. The van der Waals surface area contributed by atoms with Gasteiger partial charge in [0.25, 0.3) is 0 Å². The Balaban J connectivity index is 3.68. The maximum Gasteiger partial charge on any atom is 0.0509 e. The molecule has 0 fully saturated rings. The second-order valence-corrected chi connectivity index (χ2v) is 3.59. The third-order valence-corrected chi connectivity index (χ3v) is 1.92. The molecule has 1 nitrogen and oxygen atoms in total. The molecule has 56 valence electrons. The Bertz CT molecular complexity index is 65.5. The van der Waals surface area contributed by atoms with E-state index in [1.165, 1.54) is 0 Å². The number of thiol groups is 2. The molecule has 0 aromatic carbocycles. The lowest BCUT2D eigenvalue weighted by atomic mass is 10.5. The predicted octanol–water partition coefficient (Wildman–Crippen LogP) is 1.86. The minimum absolute atomic E-state index is 0.308. The van der Waals surface area contributed by atoms with E-state index in [0.717, 1.165) is 6.54 Å². The summed E-state index contributed by atoms with van der Waals surface area (Å²) in [6.07, 6.45) is 0. The van der Waals surface area contributed by atoms with Crippen molar-refractivity contribution in [3.05, 3.63) is 0 Å². The van der Waals surface area contributed by atoms with Gasteiger partial charge in [0, 0.05) is 0 Å². The molecular weight excluding hydrogens is 150 g/mol. The Morgan fingerprint density at radius 1 is 1.22 bits per heavy atom. The fraction of sp³-hybridized carbons (Fsp3) is 1.00. The van der Waals surface area contributed by atoms with Crippen LogP contribution in [-0.2, 0) is 0 Å². The summed E-state index contributed by atoms with van der Waals surface area (Å²) in [7, 11) is 0. The summed E-state index contributed by atoms with van der Waals surface area (Å²) in [4.78, 5) is 2.19. The molecule has 0 amide bonds. The Morgan fingerprint density at radius 3 is 1.56 bits per heavy atom. The molecule has 0 aromatic rings. The molecule has 0 bridgehead atoms. The maximum absolute atomic E-state index is 4.29. The van der Waals surface area contributed by atoms with E-state index < -0.39 is 0 Å². The Morgan fingerprint density at radius 2 is 1.56 bits per heavy atom. The first-order valence-electron chi connectivity index (χ1n) is 3.21. The van der Waals surface area contributed by atoms with Crippen LogP contribution in [0.4, 0.5) is 0 Å². The number of hydrogen-bond donors (Lipinski definition) is 2. The minimum atomic E-state index is 0.308. The minimum Gasteiger partial charge on any atom is -0.281 e. The lowest BCUT2D eigenvalue weighted by molar-refractivity contribution is 0.277. The normalized spacial score (nSPS) is 18.0. The molecule has 0 rings (SSSR count). The second kappa shape index (κ2) is 4.47. The summed E-state index contributed by atoms with van der Waals surface area (Å²) >= 11 is 8.58. The molecule has 0 radical (unpaired) electrons. The molecular formula is C6H15NS2. The van der Waals surface area contributed by atoms with Crippen LogP contribution in [0.15, 0.2) is 0 Å². The quantitative estimate of drug-likeness (QED) is 0.477.